The first kappa shape index (κ1) is 14.2. The summed E-state index contributed by atoms with van der Waals surface area (Å²) in [6.07, 6.45) is 0. The van der Waals surface area contributed by atoms with Crippen LogP contribution in [0.3, 0.4) is 0 Å². The van der Waals surface area contributed by atoms with Crippen LogP contribution in [0.2, 0.25) is 0 Å². The Morgan fingerprint density at radius 2 is 1.86 bits per heavy atom. The molecule has 0 saturated heterocycles. The Kier molecular flexibility index (Phi) is 6.77. The van der Waals surface area contributed by atoms with E-state index in [1.165, 1.54) is 24.3 Å². The fraction of sp³-hybridized carbons (Fsp3) is 0. The molecule has 1 aromatic rings. The van der Waals surface area contributed by atoms with Crippen molar-refractivity contribution in [3.63, 3.8) is 0 Å². The molecule has 1 unspecified atom stereocenters. The number of aromatic carboxylic acids is 1. The molecule has 0 amide bonds. The first-order valence-corrected chi connectivity index (χ1v) is 3.86. The van der Waals surface area contributed by atoms with Crippen LogP contribution >= 0.6 is 9.47 Å². The fourth-order valence-electron chi connectivity index (χ4n) is 0.847. The van der Waals surface area contributed by atoms with Crippen molar-refractivity contribution in [1.29, 1.82) is 0 Å². The van der Waals surface area contributed by atoms with Crippen LogP contribution in [-0.2, 0) is 4.52 Å². The van der Waals surface area contributed by atoms with E-state index in [4.69, 9.17) is 5.11 Å². The van der Waals surface area contributed by atoms with E-state index in [0.29, 0.717) is 0 Å². The van der Waals surface area contributed by atoms with Crippen molar-refractivity contribution in [3.8, 4) is 0 Å². The number of hydrogen-bond acceptors (Lipinski definition) is 3. The summed E-state index contributed by atoms with van der Waals surface area (Å²) in [5.74, 6) is -1.65. The predicted molar refractivity (Wildman–Crippen MR) is 55.7 cm³/mol. The van der Waals surface area contributed by atoms with Crippen LogP contribution in [0.1, 0.15) is 20.7 Å². The third-order valence-electron chi connectivity index (χ3n) is 1.45. The van der Waals surface area contributed by atoms with Crippen molar-refractivity contribution >= 4 is 72.8 Å². The van der Waals surface area contributed by atoms with E-state index in [2.05, 4.69) is 4.52 Å². The topological polar surface area (TPSA) is 63.6 Å². The molecule has 14 heavy (non-hydrogen) atoms. The summed E-state index contributed by atoms with van der Waals surface area (Å²) in [5, 5.41) is 8.61. The van der Waals surface area contributed by atoms with E-state index in [0.717, 1.165) is 0 Å². The molecule has 1 rings (SSSR count). The first-order chi connectivity index (χ1) is 6.15. The van der Waals surface area contributed by atoms with Crippen LogP contribution < -0.4 is 0 Å². The van der Waals surface area contributed by atoms with E-state index < -0.39 is 11.9 Å². The van der Waals surface area contributed by atoms with Crippen LogP contribution in [0, 0.1) is 0 Å². The second-order valence-electron chi connectivity index (χ2n) is 2.29. The molecule has 0 aromatic heterocycles. The maximum absolute atomic E-state index is 11.0. The molecule has 0 fully saturated rings. The quantitative estimate of drug-likeness (QED) is 0.608. The summed E-state index contributed by atoms with van der Waals surface area (Å²) in [5.41, 5.74) is 0.280. The van der Waals surface area contributed by atoms with Crippen LogP contribution in [0.25, 0.3) is 0 Å². The second-order valence-corrected chi connectivity index (χ2v) is 2.53. The molecule has 0 saturated carbocycles. The van der Waals surface area contributed by atoms with Gasteiger partial charge < -0.3 is 9.63 Å². The zero-order chi connectivity index (χ0) is 9.84. The minimum atomic E-state index is -1.07. The number of carboxylic acids is 1. The van der Waals surface area contributed by atoms with Crippen LogP contribution in [0.4, 0.5) is 0 Å². The van der Waals surface area contributed by atoms with Crippen molar-refractivity contribution in [2.75, 3.05) is 0 Å². The summed E-state index contributed by atoms with van der Waals surface area (Å²) in [6, 6.07) is 5.63. The average molecular weight is 238 g/mol. The van der Waals surface area contributed by atoms with Crippen LogP contribution in [0.5, 0.6) is 0 Å². The van der Waals surface area contributed by atoms with Gasteiger partial charge in [0.25, 0.3) is 0 Å². The van der Waals surface area contributed by atoms with Gasteiger partial charge >= 0.3 is 63.3 Å². The molecule has 1 atom stereocenters. The normalized spacial score (nSPS) is 8.64. The Bertz CT molecular complexity index is 353. The van der Waals surface area contributed by atoms with E-state index in [-0.39, 0.29) is 62.5 Å². The molecule has 1 N–H and O–H groups in total. The van der Waals surface area contributed by atoms with Gasteiger partial charge in [-0.05, 0) is 18.2 Å². The van der Waals surface area contributed by atoms with Gasteiger partial charge in [-0.2, -0.15) is 0 Å². The SMILES string of the molecule is O=C(O)c1cccc(C(=O)OP)c1.[KH]. The number of carbonyl (C=O) groups is 2. The Balaban J connectivity index is 0.00000169. The molecule has 0 bridgehead atoms. The molecule has 0 aliphatic rings. The van der Waals surface area contributed by atoms with Gasteiger partial charge in [0.1, 0.15) is 0 Å². The Morgan fingerprint density at radius 1 is 1.29 bits per heavy atom. The summed E-state index contributed by atoms with van der Waals surface area (Å²) < 4.78 is 4.36. The number of benzene rings is 1. The van der Waals surface area contributed by atoms with E-state index in [1.807, 2.05) is 9.47 Å². The van der Waals surface area contributed by atoms with Crippen LogP contribution in [0.15, 0.2) is 24.3 Å². The number of rotatable bonds is 2. The number of carbonyl (C=O) groups excluding carboxylic acids is 1. The third-order valence-corrected chi connectivity index (χ3v) is 1.67. The second kappa shape index (κ2) is 6.66. The maximum atomic E-state index is 11.0. The minimum absolute atomic E-state index is 0. The first-order valence-electron chi connectivity index (χ1n) is 3.39. The summed E-state index contributed by atoms with van der Waals surface area (Å²) >= 11 is 0. The van der Waals surface area contributed by atoms with Gasteiger partial charge in [0.05, 0.1) is 20.6 Å². The van der Waals surface area contributed by atoms with Gasteiger partial charge in [-0.15, -0.1) is 0 Å². The summed E-state index contributed by atoms with van der Waals surface area (Å²) in [7, 11) is 1.81. The van der Waals surface area contributed by atoms with Crippen molar-refractivity contribution in [2.45, 2.75) is 0 Å². The monoisotopic (exact) mass is 238 g/mol. The molecule has 0 aliphatic heterocycles. The molecule has 4 nitrogen and oxygen atoms in total. The van der Waals surface area contributed by atoms with Gasteiger partial charge in [0.15, 0.2) is 0 Å². The molecular formula is C8H8KO4P. The molecular weight excluding hydrogens is 230 g/mol. The Labute approximate surface area is 126 Å². The van der Waals surface area contributed by atoms with E-state index >= 15 is 0 Å². The molecule has 6 heteroatoms. The predicted octanol–water partition coefficient (Wildman–Crippen LogP) is 0.683. The van der Waals surface area contributed by atoms with Crippen LogP contribution in [-0.4, -0.2) is 68.4 Å². The van der Waals surface area contributed by atoms with Gasteiger partial charge in [0, 0.05) is 0 Å². The van der Waals surface area contributed by atoms with Crippen molar-refractivity contribution < 1.29 is 19.2 Å². The molecule has 0 spiro atoms. The number of carboxylic acid groups (broad SMARTS) is 1. The summed E-state index contributed by atoms with van der Waals surface area (Å²) in [6.45, 7) is 0. The zero-order valence-corrected chi connectivity index (χ0v) is 7.71. The zero-order valence-electron chi connectivity index (χ0n) is 6.56. The fourth-order valence-corrected chi connectivity index (χ4v) is 0.983. The molecule has 70 valence electrons. The molecule has 0 aliphatic carbocycles. The molecule has 0 heterocycles. The Hall–Kier alpha value is 0.226. The molecule has 1 aromatic carbocycles. The standard InChI is InChI=1S/C8H7O4P.K.H/c9-7(10)5-2-1-3-6(4-5)8(11)12-13;;/h1-4H,13H2,(H,9,10);;. The summed E-state index contributed by atoms with van der Waals surface area (Å²) in [4.78, 5) is 21.5. The van der Waals surface area contributed by atoms with E-state index in [1.54, 1.807) is 0 Å². The van der Waals surface area contributed by atoms with Crippen molar-refractivity contribution in [2.24, 2.45) is 0 Å². The average Bonchev–Trinajstić information content (AvgIpc) is 2.17. The van der Waals surface area contributed by atoms with Crippen molar-refractivity contribution in [1.82, 2.24) is 0 Å². The van der Waals surface area contributed by atoms with Crippen molar-refractivity contribution in [3.05, 3.63) is 35.4 Å². The van der Waals surface area contributed by atoms with Gasteiger partial charge in [0.2, 0.25) is 0 Å². The number of hydrogen-bond donors (Lipinski definition) is 1. The molecule has 0 radical (unpaired) electrons. The van der Waals surface area contributed by atoms with Gasteiger partial charge in [-0.3, -0.25) is 0 Å². The van der Waals surface area contributed by atoms with E-state index in [9.17, 15) is 9.59 Å². The third kappa shape index (κ3) is 3.77. The Morgan fingerprint density at radius 3 is 2.36 bits per heavy atom. The van der Waals surface area contributed by atoms with Gasteiger partial charge in [-0.25, -0.2) is 9.59 Å². The van der Waals surface area contributed by atoms with Gasteiger partial charge in [-0.1, -0.05) is 6.07 Å².